The van der Waals surface area contributed by atoms with Crippen LogP contribution < -0.4 is 0 Å². The summed E-state index contributed by atoms with van der Waals surface area (Å²) in [6.07, 6.45) is 12.1. The minimum atomic E-state index is -0.797. The minimum Gasteiger partial charge on any atom is -0.285 e. The van der Waals surface area contributed by atoms with Crippen molar-refractivity contribution in [1.82, 2.24) is 19.7 Å². The Bertz CT molecular complexity index is 1150. The van der Waals surface area contributed by atoms with Crippen molar-refractivity contribution < 1.29 is 8.78 Å². The van der Waals surface area contributed by atoms with Gasteiger partial charge in [0.05, 0.1) is 12.2 Å². The highest BCUT2D eigenvalue weighted by Crippen LogP contribution is 2.54. The minimum absolute atomic E-state index is 0.141. The van der Waals surface area contributed by atoms with E-state index in [0.717, 1.165) is 23.2 Å². The number of rotatable bonds is 9. The van der Waals surface area contributed by atoms with E-state index in [1.807, 2.05) is 19.3 Å². The van der Waals surface area contributed by atoms with E-state index in [0.29, 0.717) is 30.8 Å². The number of aromatic nitrogens is 4. The van der Waals surface area contributed by atoms with Crippen molar-refractivity contribution in [3.63, 3.8) is 0 Å². The van der Waals surface area contributed by atoms with Crippen molar-refractivity contribution >= 4 is 12.9 Å². The summed E-state index contributed by atoms with van der Waals surface area (Å²) in [6.45, 7) is 3.72. The Labute approximate surface area is 185 Å². The normalized spacial score (nSPS) is 18.0. The van der Waals surface area contributed by atoms with Crippen LogP contribution in [-0.2, 0) is 26.4 Å². The fourth-order valence-corrected chi connectivity index (χ4v) is 3.79. The molecule has 6 nitrogen and oxygen atoms in total. The SMILES string of the molecule is C=N/C=C\C=N/Cc1ncc(C2CC2c2cc(F)c(F)c(CCc3ccn(C)n3)c2)cn1. The van der Waals surface area contributed by atoms with Crippen molar-refractivity contribution in [2.45, 2.75) is 37.6 Å². The van der Waals surface area contributed by atoms with Gasteiger partial charge in [-0.15, -0.1) is 0 Å². The number of hydrogen-bond donors (Lipinski definition) is 0. The molecule has 2 aromatic heterocycles. The van der Waals surface area contributed by atoms with Crippen molar-refractivity contribution in [2.75, 3.05) is 0 Å². The molecule has 1 aromatic carbocycles. The molecule has 3 aromatic rings. The summed E-state index contributed by atoms with van der Waals surface area (Å²) in [4.78, 5) is 16.5. The molecule has 0 amide bonds. The molecule has 8 heteroatoms. The molecule has 4 rings (SSSR count). The van der Waals surface area contributed by atoms with Gasteiger partial charge in [-0.25, -0.2) is 18.7 Å². The smallest absolute Gasteiger partial charge is 0.162 e. The van der Waals surface area contributed by atoms with Gasteiger partial charge in [-0.2, -0.15) is 5.10 Å². The molecule has 32 heavy (non-hydrogen) atoms. The molecule has 0 saturated heterocycles. The van der Waals surface area contributed by atoms with E-state index >= 15 is 0 Å². The van der Waals surface area contributed by atoms with Crippen LogP contribution in [0.5, 0.6) is 0 Å². The first-order chi connectivity index (χ1) is 15.5. The van der Waals surface area contributed by atoms with Crippen LogP contribution in [0.25, 0.3) is 0 Å². The van der Waals surface area contributed by atoms with Gasteiger partial charge in [-0.3, -0.25) is 14.7 Å². The van der Waals surface area contributed by atoms with Gasteiger partial charge in [0.1, 0.15) is 5.82 Å². The van der Waals surface area contributed by atoms with E-state index in [4.69, 9.17) is 0 Å². The van der Waals surface area contributed by atoms with Gasteiger partial charge >= 0.3 is 0 Å². The summed E-state index contributed by atoms with van der Waals surface area (Å²) in [5, 5.41) is 4.31. The van der Waals surface area contributed by atoms with Gasteiger partial charge in [0.25, 0.3) is 0 Å². The Morgan fingerprint density at radius 2 is 1.94 bits per heavy atom. The average Bonchev–Trinajstić information content (AvgIpc) is 3.49. The Kier molecular flexibility index (Phi) is 6.58. The van der Waals surface area contributed by atoms with Crippen LogP contribution in [0.4, 0.5) is 8.78 Å². The number of nitrogens with zero attached hydrogens (tertiary/aromatic N) is 6. The van der Waals surface area contributed by atoms with Crippen molar-refractivity contribution in [1.29, 1.82) is 0 Å². The lowest BCUT2D eigenvalue weighted by atomic mass is 10.00. The molecule has 1 aliphatic carbocycles. The molecule has 0 spiro atoms. The zero-order valence-corrected chi connectivity index (χ0v) is 17.8. The van der Waals surface area contributed by atoms with Crippen LogP contribution >= 0.6 is 0 Å². The maximum atomic E-state index is 14.4. The lowest BCUT2D eigenvalue weighted by molar-refractivity contribution is 0.496. The molecule has 1 fully saturated rings. The van der Waals surface area contributed by atoms with E-state index in [9.17, 15) is 8.78 Å². The van der Waals surface area contributed by atoms with Gasteiger partial charge in [-0.1, -0.05) is 6.07 Å². The number of aryl methyl sites for hydroxylation is 3. The maximum Gasteiger partial charge on any atom is 0.162 e. The molecule has 0 bridgehead atoms. The lowest BCUT2D eigenvalue weighted by Gasteiger charge is -2.08. The van der Waals surface area contributed by atoms with Gasteiger partial charge in [0.15, 0.2) is 11.6 Å². The first-order valence-corrected chi connectivity index (χ1v) is 10.4. The van der Waals surface area contributed by atoms with Crippen LogP contribution in [0, 0.1) is 11.6 Å². The average molecular weight is 434 g/mol. The van der Waals surface area contributed by atoms with Crippen LogP contribution in [-0.4, -0.2) is 32.7 Å². The van der Waals surface area contributed by atoms with E-state index < -0.39 is 11.6 Å². The molecule has 164 valence electrons. The highest BCUT2D eigenvalue weighted by Gasteiger charge is 2.40. The lowest BCUT2D eigenvalue weighted by Crippen LogP contribution is -2.01. The quantitative estimate of drug-likeness (QED) is 0.471. The van der Waals surface area contributed by atoms with Crippen molar-refractivity contribution in [3.05, 3.63) is 88.9 Å². The zero-order chi connectivity index (χ0) is 22.5. The summed E-state index contributed by atoms with van der Waals surface area (Å²) in [7, 11) is 1.83. The highest BCUT2D eigenvalue weighted by molar-refractivity contribution is 5.70. The van der Waals surface area contributed by atoms with E-state index in [1.54, 1.807) is 41.6 Å². The molecule has 1 aliphatic rings. The van der Waals surface area contributed by atoms with E-state index in [1.165, 1.54) is 6.07 Å². The monoisotopic (exact) mass is 434 g/mol. The molecular formula is C24H24F2N6. The second kappa shape index (κ2) is 9.72. The van der Waals surface area contributed by atoms with Crippen molar-refractivity contribution in [2.24, 2.45) is 17.0 Å². The number of hydrogen-bond acceptors (Lipinski definition) is 5. The predicted octanol–water partition coefficient (Wildman–Crippen LogP) is 4.33. The Hall–Kier alpha value is -3.55. The predicted molar refractivity (Wildman–Crippen MR) is 120 cm³/mol. The third-order valence-electron chi connectivity index (χ3n) is 5.53. The first-order valence-electron chi connectivity index (χ1n) is 10.4. The second-order valence-electron chi connectivity index (χ2n) is 7.85. The zero-order valence-electron chi connectivity index (χ0n) is 17.8. The standard InChI is InChI=1S/C24H24F2N6/c1-27-7-3-8-28-15-23-29-13-18(14-30-23)21-12-20(21)17-10-16(24(26)22(25)11-17)4-5-19-6-9-32(2)31-19/h3,6-11,13-14,20-21H,1,4-5,12,15H2,2H3/b7-3-,28-8-. The Balaban J connectivity index is 1.40. The fraction of sp³-hybridized carbons (Fsp3) is 0.292. The number of halogens is 2. The number of allylic oxidation sites excluding steroid dienone is 1. The molecule has 0 aliphatic heterocycles. The molecule has 0 N–H and O–H groups in total. The van der Waals surface area contributed by atoms with E-state index in [-0.39, 0.29) is 11.8 Å². The summed E-state index contributed by atoms with van der Waals surface area (Å²) < 4.78 is 30.4. The highest BCUT2D eigenvalue weighted by atomic mass is 19.2. The summed E-state index contributed by atoms with van der Waals surface area (Å²) in [5.74, 6) is -0.597. The molecular weight excluding hydrogens is 410 g/mol. The van der Waals surface area contributed by atoms with Crippen molar-refractivity contribution in [3.8, 4) is 0 Å². The molecule has 2 unspecified atom stereocenters. The fourth-order valence-electron chi connectivity index (χ4n) is 3.79. The molecule has 2 atom stereocenters. The van der Waals surface area contributed by atoms with E-state index in [2.05, 4.69) is 31.8 Å². The van der Waals surface area contributed by atoms with Crippen LogP contribution in [0.2, 0.25) is 0 Å². The molecule has 1 saturated carbocycles. The van der Waals surface area contributed by atoms with Gasteiger partial charge < -0.3 is 0 Å². The van der Waals surface area contributed by atoms with Crippen LogP contribution in [0.15, 0.2) is 59.1 Å². The van der Waals surface area contributed by atoms with Gasteiger partial charge in [0.2, 0.25) is 0 Å². The largest absolute Gasteiger partial charge is 0.285 e. The number of benzene rings is 1. The topological polar surface area (TPSA) is 68.3 Å². The summed E-state index contributed by atoms with van der Waals surface area (Å²) in [6, 6.07) is 5.00. The van der Waals surface area contributed by atoms with Crippen LogP contribution in [0.3, 0.4) is 0 Å². The van der Waals surface area contributed by atoms with Crippen LogP contribution in [0.1, 0.15) is 46.5 Å². The Morgan fingerprint density at radius 1 is 1.16 bits per heavy atom. The molecule has 0 radical (unpaired) electrons. The second-order valence-corrected chi connectivity index (χ2v) is 7.85. The maximum absolute atomic E-state index is 14.4. The third-order valence-corrected chi connectivity index (χ3v) is 5.53. The summed E-state index contributed by atoms with van der Waals surface area (Å²) >= 11 is 0. The van der Waals surface area contributed by atoms with Gasteiger partial charge in [-0.05, 0) is 72.7 Å². The number of aliphatic imine (C=N–C) groups is 2. The van der Waals surface area contributed by atoms with Gasteiger partial charge in [0, 0.05) is 38.1 Å². The third kappa shape index (κ3) is 5.19. The molecule has 2 heterocycles. The summed E-state index contributed by atoms with van der Waals surface area (Å²) in [5.41, 5.74) is 3.07. The Morgan fingerprint density at radius 3 is 2.66 bits per heavy atom. The first kappa shape index (κ1) is 21.7.